The minimum Gasteiger partial charge on any atom is -0.497 e. The van der Waals surface area contributed by atoms with Crippen molar-refractivity contribution in [2.45, 2.75) is 31.8 Å². The van der Waals surface area contributed by atoms with E-state index >= 15 is 0 Å². The topological polar surface area (TPSA) is 25.4 Å². The lowest BCUT2D eigenvalue weighted by molar-refractivity contribution is 0.140. The molecule has 110 valence electrons. The van der Waals surface area contributed by atoms with Crippen molar-refractivity contribution in [3.63, 3.8) is 0 Å². The predicted molar refractivity (Wildman–Crippen MR) is 84.2 cm³/mol. The highest BCUT2D eigenvalue weighted by Crippen LogP contribution is 2.31. The molecule has 0 saturated carbocycles. The number of piperidine rings is 1. The minimum absolute atomic E-state index is 0.495. The summed E-state index contributed by atoms with van der Waals surface area (Å²) in [4.78, 5) is 6.85. The molecule has 21 heavy (non-hydrogen) atoms. The first-order chi connectivity index (χ1) is 10.4. The Balaban J connectivity index is 1.75. The summed E-state index contributed by atoms with van der Waals surface area (Å²) in [6.45, 7) is 2.15. The second kappa shape index (κ2) is 6.72. The third-order valence-corrected chi connectivity index (χ3v) is 4.23. The molecular weight excluding hydrogens is 260 g/mol. The van der Waals surface area contributed by atoms with Gasteiger partial charge in [0.15, 0.2) is 0 Å². The molecule has 2 heterocycles. The van der Waals surface area contributed by atoms with Crippen molar-refractivity contribution in [3.8, 4) is 5.75 Å². The van der Waals surface area contributed by atoms with Gasteiger partial charge < -0.3 is 4.74 Å². The molecule has 0 N–H and O–H groups in total. The van der Waals surface area contributed by atoms with Gasteiger partial charge in [0, 0.05) is 25.0 Å². The van der Waals surface area contributed by atoms with Crippen LogP contribution in [0.5, 0.6) is 5.75 Å². The highest BCUT2D eigenvalue weighted by molar-refractivity contribution is 5.27. The summed E-state index contributed by atoms with van der Waals surface area (Å²) in [5.41, 5.74) is 2.68. The van der Waals surface area contributed by atoms with Gasteiger partial charge in [-0.25, -0.2) is 0 Å². The summed E-state index contributed by atoms with van der Waals surface area (Å²) in [5.74, 6) is 0.918. The molecule has 3 nitrogen and oxygen atoms in total. The maximum atomic E-state index is 5.23. The van der Waals surface area contributed by atoms with Crippen LogP contribution in [0.15, 0.2) is 48.8 Å². The Morgan fingerprint density at radius 2 is 2.05 bits per heavy atom. The molecule has 0 unspecified atom stereocenters. The molecule has 1 aliphatic heterocycles. The van der Waals surface area contributed by atoms with E-state index in [1.165, 1.54) is 30.4 Å². The molecule has 2 aromatic rings. The molecule has 3 heteroatoms. The van der Waals surface area contributed by atoms with Gasteiger partial charge in [0.05, 0.1) is 7.11 Å². The van der Waals surface area contributed by atoms with Crippen molar-refractivity contribution in [2.75, 3.05) is 13.7 Å². The van der Waals surface area contributed by atoms with Crippen LogP contribution in [0.25, 0.3) is 0 Å². The zero-order valence-electron chi connectivity index (χ0n) is 12.5. The van der Waals surface area contributed by atoms with Crippen molar-refractivity contribution < 1.29 is 4.74 Å². The minimum atomic E-state index is 0.495. The van der Waals surface area contributed by atoms with E-state index in [1.54, 1.807) is 7.11 Å². The van der Waals surface area contributed by atoms with Gasteiger partial charge in [0.2, 0.25) is 0 Å². The third-order valence-electron chi connectivity index (χ3n) is 4.23. The molecular formula is C18H22N2O. The summed E-state index contributed by atoms with van der Waals surface area (Å²) < 4.78 is 5.23. The van der Waals surface area contributed by atoms with Gasteiger partial charge in [-0.15, -0.1) is 0 Å². The number of rotatable bonds is 4. The smallest absolute Gasteiger partial charge is 0.118 e. The number of hydrogen-bond acceptors (Lipinski definition) is 3. The molecule has 1 aromatic heterocycles. The standard InChI is InChI=1S/C18H22N2O/c1-21-17-9-7-15(8-10-17)14-20-12-3-2-6-18(20)16-5-4-11-19-13-16/h4-5,7-11,13,18H,2-3,6,12,14H2,1H3/t18-/m1/s1. The number of hydrogen-bond donors (Lipinski definition) is 0. The molecule has 0 spiro atoms. The lowest BCUT2D eigenvalue weighted by Gasteiger charge is -2.36. The van der Waals surface area contributed by atoms with Crippen LogP contribution in [0, 0.1) is 0 Å². The average molecular weight is 282 g/mol. The van der Waals surface area contributed by atoms with Gasteiger partial charge in [-0.1, -0.05) is 24.6 Å². The molecule has 1 aromatic carbocycles. The van der Waals surface area contributed by atoms with E-state index < -0.39 is 0 Å². The summed E-state index contributed by atoms with van der Waals surface area (Å²) in [6, 6.07) is 13.1. The largest absolute Gasteiger partial charge is 0.497 e. The van der Waals surface area contributed by atoms with Crippen molar-refractivity contribution >= 4 is 0 Å². The average Bonchev–Trinajstić information content (AvgIpc) is 2.57. The van der Waals surface area contributed by atoms with Crippen molar-refractivity contribution in [1.29, 1.82) is 0 Å². The van der Waals surface area contributed by atoms with Crippen LogP contribution < -0.4 is 4.74 Å². The predicted octanol–water partition coefficient (Wildman–Crippen LogP) is 3.82. The Morgan fingerprint density at radius 3 is 2.76 bits per heavy atom. The molecule has 1 aliphatic rings. The molecule has 0 amide bonds. The van der Waals surface area contributed by atoms with Crippen LogP contribution in [0.1, 0.15) is 36.4 Å². The Bertz CT molecular complexity index is 553. The van der Waals surface area contributed by atoms with E-state index in [9.17, 15) is 0 Å². The van der Waals surface area contributed by atoms with E-state index in [2.05, 4.69) is 28.1 Å². The van der Waals surface area contributed by atoms with Crippen LogP contribution in [0.4, 0.5) is 0 Å². The van der Waals surface area contributed by atoms with Crippen molar-refractivity contribution in [2.24, 2.45) is 0 Å². The second-order valence-electron chi connectivity index (χ2n) is 5.62. The van der Waals surface area contributed by atoms with E-state index in [0.717, 1.165) is 18.8 Å². The lowest BCUT2D eigenvalue weighted by atomic mass is 9.96. The second-order valence-corrected chi connectivity index (χ2v) is 5.62. The summed E-state index contributed by atoms with van der Waals surface area (Å²) in [6.07, 6.45) is 7.67. The van der Waals surface area contributed by atoms with Crippen molar-refractivity contribution in [3.05, 3.63) is 59.9 Å². The van der Waals surface area contributed by atoms with E-state index in [4.69, 9.17) is 4.74 Å². The summed E-state index contributed by atoms with van der Waals surface area (Å²) in [7, 11) is 1.71. The van der Waals surface area contributed by atoms with E-state index in [-0.39, 0.29) is 0 Å². The van der Waals surface area contributed by atoms with Crippen LogP contribution >= 0.6 is 0 Å². The summed E-state index contributed by atoms with van der Waals surface area (Å²) in [5, 5.41) is 0. The molecule has 1 atom stereocenters. The van der Waals surface area contributed by atoms with Gasteiger partial charge in [0.1, 0.15) is 5.75 Å². The fourth-order valence-corrected chi connectivity index (χ4v) is 3.10. The number of likely N-dealkylation sites (tertiary alicyclic amines) is 1. The third kappa shape index (κ3) is 3.42. The number of aromatic nitrogens is 1. The monoisotopic (exact) mass is 282 g/mol. The molecule has 0 aliphatic carbocycles. The number of benzene rings is 1. The molecule has 0 radical (unpaired) electrons. The van der Waals surface area contributed by atoms with E-state index in [0.29, 0.717) is 6.04 Å². The first kappa shape index (κ1) is 14.1. The lowest BCUT2D eigenvalue weighted by Crippen LogP contribution is -2.32. The first-order valence-electron chi connectivity index (χ1n) is 7.64. The van der Waals surface area contributed by atoms with E-state index in [1.807, 2.05) is 30.6 Å². The van der Waals surface area contributed by atoms with Gasteiger partial charge >= 0.3 is 0 Å². The van der Waals surface area contributed by atoms with Gasteiger partial charge in [-0.3, -0.25) is 9.88 Å². The maximum Gasteiger partial charge on any atom is 0.118 e. The Hall–Kier alpha value is -1.87. The summed E-state index contributed by atoms with van der Waals surface area (Å²) >= 11 is 0. The molecule has 1 fully saturated rings. The van der Waals surface area contributed by atoms with Crippen LogP contribution in [0.3, 0.4) is 0 Å². The van der Waals surface area contributed by atoms with Crippen LogP contribution in [-0.4, -0.2) is 23.5 Å². The Kier molecular flexibility index (Phi) is 4.51. The zero-order valence-corrected chi connectivity index (χ0v) is 12.5. The number of nitrogens with zero attached hydrogens (tertiary/aromatic N) is 2. The van der Waals surface area contributed by atoms with Gasteiger partial charge in [0.25, 0.3) is 0 Å². The molecule has 0 bridgehead atoms. The fourth-order valence-electron chi connectivity index (χ4n) is 3.10. The zero-order chi connectivity index (χ0) is 14.5. The highest BCUT2D eigenvalue weighted by atomic mass is 16.5. The SMILES string of the molecule is COc1ccc(CN2CCCC[C@@H]2c2cccnc2)cc1. The quantitative estimate of drug-likeness (QED) is 0.852. The maximum absolute atomic E-state index is 5.23. The number of ether oxygens (including phenoxy) is 1. The van der Waals surface area contributed by atoms with Gasteiger partial charge in [-0.2, -0.15) is 0 Å². The first-order valence-corrected chi connectivity index (χ1v) is 7.64. The number of methoxy groups -OCH3 is 1. The highest BCUT2D eigenvalue weighted by Gasteiger charge is 2.23. The Labute approximate surface area is 126 Å². The van der Waals surface area contributed by atoms with Crippen LogP contribution in [-0.2, 0) is 6.54 Å². The molecule has 3 rings (SSSR count). The Morgan fingerprint density at radius 1 is 1.19 bits per heavy atom. The fraction of sp³-hybridized carbons (Fsp3) is 0.389. The number of pyridine rings is 1. The normalized spacial score (nSPS) is 19.4. The molecule has 1 saturated heterocycles. The van der Waals surface area contributed by atoms with Crippen LogP contribution in [0.2, 0.25) is 0 Å². The van der Waals surface area contributed by atoms with Crippen molar-refractivity contribution in [1.82, 2.24) is 9.88 Å². The van der Waals surface area contributed by atoms with Gasteiger partial charge in [-0.05, 0) is 48.7 Å².